The molecule has 134 heavy (non-hydrogen) atoms. The Bertz CT molecular complexity index is 6640. The van der Waals surface area contributed by atoms with Gasteiger partial charge in [-0.15, -0.1) is 19.2 Å². The quantitative estimate of drug-likeness (QED) is 0.0263. The molecule has 2 bridgehead atoms. The average Bonchev–Trinajstić information content (AvgIpc) is 1.59. The molecule has 0 spiro atoms. The minimum absolute atomic E-state index is 0.00273. The lowest BCUT2D eigenvalue weighted by molar-refractivity contribution is -0.141. The van der Waals surface area contributed by atoms with Gasteiger partial charge in [0.15, 0.2) is 136 Å². The number of hydrogen-bond donors (Lipinski definition) is 13. The maximum Gasteiger partial charge on any atom is 0.582 e. The fourth-order valence-corrected chi connectivity index (χ4v) is 22.6. The normalized spacial score (nSPS) is 33.3. The molecule has 10 aliphatic heterocycles. The molecule has 10 aliphatic rings. The molecule has 73 heteroatoms. The van der Waals surface area contributed by atoms with Crippen LogP contribution in [0.25, 0.3) is 33.5 Å². The number of fused-ring (bicyclic) bond motifs is 9. The van der Waals surface area contributed by atoms with Crippen molar-refractivity contribution in [1.29, 1.82) is 0 Å². The Labute approximate surface area is 771 Å². The number of aromatic amines is 3. The highest BCUT2D eigenvalue weighted by Gasteiger charge is 2.65. The summed E-state index contributed by atoms with van der Waals surface area (Å²) in [5.74, 6) is -5.94. The van der Waals surface area contributed by atoms with Crippen molar-refractivity contribution in [3.8, 4) is 0 Å². The van der Waals surface area contributed by atoms with Gasteiger partial charge in [-0.2, -0.15) is 33.2 Å². The number of thiol groups is 3. The monoisotopic (exact) mass is 2120 g/mol. The Balaban J connectivity index is 0.000000140. The number of Topliss-reactive ketones (excluding diaryl/α,β-unsaturated/α-hetero) is 3. The van der Waals surface area contributed by atoms with E-state index in [0.717, 1.165) is 32.8 Å². The van der Waals surface area contributed by atoms with E-state index in [1.54, 1.807) is 0 Å². The number of aliphatic hydroxyl groups is 2. The summed E-state index contributed by atoms with van der Waals surface area (Å²) < 4.78 is 225. The number of carbonyl (C=O) groups excluding carboxylic acids is 3. The third kappa shape index (κ3) is 19.6. The highest BCUT2D eigenvalue weighted by atomic mass is 32.7. The lowest BCUT2D eigenvalue weighted by Crippen LogP contribution is -2.41. The number of nitrogen functional groups attached to an aromatic ring is 2. The van der Waals surface area contributed by atoms with E-state index < -0.39 is 245 Å². The van der Waals surface area contributed by atoms with Crippen LogP contribution in [0.3, 0.4) is 0 Å². The van der Waals surface area contributed by atoms with Crippen molar-refractivity contribution in [1.82, 2.24) is 98.2 Å². The number of aliphatic imine (C=N–C) groups is 2. The number of halogens is 6. The molecule has 0 aliphatic carbocycles. The first kappa shape index (κ1) is 98.0. The molecule has 0 amide bonds. The van der Waals surface area contributed by atoms with Crippen molar-refractivity contribution in [3.05, 3.63) is 85.5 Å². The maximum absolute atomic E-state index is 15.9. The molecule has 9 aromatic rings. The third-order valence-electron chi connectivity index (χ3n) is 21.2. The molecule has 720 valence electrons. The first-order valence-electron chi connectivity index (χ1n) is 38.5. The van der Waals surface area contributed by atoms with Gasteiger partial charge in [-0.25, -0.2) is 61.7 Å². The molecule has 7 fully saturated rings. The number of hydrogen-bond acceptors (Lipinski definition) is 46. The van der Waals surface area contributed by atoms with Gasteiger partial charge < -0.3 is 83.3 Å². The van der Waals surface area contributed by atoms with E-state index in [1.807, 2.05) is 0 Å². The third-order valence-corrected chi connectivity index (χ3v) is 29.0. The summed E-state index contributed by atoms with van der Waals surface area (Å²) in [7, 11) is -5.04. The summed E-state index contributed by atoms with van der Waals surface area (Å²) >= 11 is 26.6. The van der Waals surface area contributed by atoms with Crippen molar-refractivity contribution < 1.29 is 153 Å². The highest BCUT2D eigenvalue weighted by Crippen LogP contribution is 2.62. The lowest BCUT2D eigenvalue weighted by Gasteiger charge is -2.28. The minimum Gasteiger partial charge on any atom is -0.394 e. The van der Waals surface area contributed by atoms with Crippen LogP contribution in [0.15, 0.2) is 61.0 Å². The number of alkyl halides is 6. The van der Waals surface area contributed by atoms with Crippen LogP contribution in [0.5, 0.6) is 0 Å². The van der Waals surface area contributed by atoms with E-state index in [2.05, 4.69) is 122 Å². The molecule has 0 saturated carbocycles. The molecule has 0 aromatic carbocycles. The topological polar surface area (TPSA) is 710 Å². The molecule has 19 rings (SSSR count). The van der Waals surface area contributed by atoms with E-state index in [4.69, 9.17) is 121 Å². The molecule has 55 nitrogen and oxygen atoms in total. The second-order valence-electron chi connectivity index (χ2n) is 29.6. The summed E-state index contributed by atoms with van der Waals surface area (Å²) in [5, 5.41) is 38.1. The first-order chi connectivity index (χ1) is 63.6. The zero-order chi connectivity index (χ0) is 95.4. The smallest absolute Gasteiger partial charge is 0.394 e. The number of nitrogens with one attached hydrogen (secondary N) is 3. The molecule has 19 heterocycles. The van der Waals surface area contributed by atoms with Crippen LogP contribution in [-0.4, -0.2) is 303 Å². The fraction of sp³-hybridized carbons (Fsp3) is 0.541. The number of nitrogens with two attached hydrogens (primary N) is 2. The van der Waals surface area contributed by atoms with Crippen LogP contribution in [0.1, 0.15) is 100 Å². The van der Waals surface area contributed by atoms with Crippen molar-refractivity contribution in [2.75, 3.05) is 51.1 Å². The van der Waals surface area contributed by atoms with Crippen LogP contribution < -0.4 is 28.1 Å². The number of imidazole rings is 4. The summed E-state index contributed by atoms with van der Waals surface area (Å²) in [6.07, 6.45) is -26.0. The zero-order valence-electron chi connectivity index (χ0n) is 66.5. The summed E-state index contributed by atoms with van der Waals surface area (Å²) in [4.78, 5) is 149. The summed E-state index contributed by atoms with van der Waals surface area (Å²) in [6.45, 7) is -22.6. The Morgan fingerprint density at radius 1 is 0.619 bits per heavy atom. The van der Waals surface area contributed by atoms with E-state index in [-0.39, 0.29) is 111 Å². The maximum atomic E-state index is 15.9. The van der Waals surface area contributed by atoms with Gasteiger partial charge in [-0.3, -0.25) is 75.1 Å². The van der Waals surface area contributed by atoms with Crippen LogP contribution in [0.4, 0.5) is 49.9 Å². The van der Waals surface area contributed by atoms with E-state index >= 15 is 26.3 Å². The van der Waals surface area contributed by atoms with Gasteiger partial charge in [0.1, 0.15) is 91.6 Å². The number of ether oxygens (including phenoxy) is 6. The number of nitrogens with zero attached hydrogens (tertiary/aromatic N) is 20. The van der Waals surface area contributed by atoms with Gasteiger partial charge in [0.2, 0.25) is 23.9 Å². The largest absolute Gasteiger partial charge is 0.582 e. The van der Waals surface area contributed by atoms with Crippen LogP contribution in [-0.2, 0) is 123 Å². The Morgan fingerprint density at radius 2 is 1.21 bits per heavy atom. The molecule has 0 radical (unpaired) electrons. The van der Waals surface area contributed by atoms with Crippen molar-refractivity contribution in [2.45, 2.75) is 167 Å². The fourth-order valence-electron chi connectivity index (χ4n) is 15.3. The zero-order valence-corrected chi connectivity index (χ0v) is 76.9. The number of carbonyl (C=O) groups is 3. The number of H-pyrrole nitrogens is 3. The Kier molecular flexibility index (Phi) is 28.4. The minimum atomic E-state index is -4.66. The van der Waals surface area contributed by atoms with E-state index in [0.29, 0.717) is 10.4 Å². The average molecular weight is 2120 g/mol. The molecule has 9 aromatic heterocycles. The van der Waals surface area contributed by atoms with Crippen molar-refractivity contribution in [3.63, 3.8) is 0 Å². The van der Waals surface area contributed by atoms with Crippen molar-refractivity contribution >= 4 is 207 Å². The molecule has 7 saturated heterocycles. The highest BCUT2D eigenvalue weighted by molar-refractivity contribution is 8.44. The summed E-state index contributed by atoms with van der Waals surface area (Å²) in [5.41, 5.74) is 8.54. The Hall–Kier alpha value is -7.67. The van der Waals surface area contributed by atoms with Gasteiger partial charge in [0.25, 0.3) is 16.7 Å². The SMILES string of the molecule is Nc1nc2c(ncn2[C@@H]2O[C@@H]3COP(O)(=S)O[C@@H]4[C@@H](COP(=O)(S)O[C@@H]2[C@@H]3F)O[C@@H](n2nnc3c2N=CCC3=O)C4(F)F)c(=O)[nH]1.Nc1nc2c(nnn2[C@@H]2O[C@H](CO)[C@@H](F)[C@H]2OP(O)(=S)OC[C@H]2O[C@@H](n3cnc4c3N=CCC4=O)[C@@H](F)[C@@H]2O[P+](=O)S)c(=O)[nH]1.O=C1CC=Nn2c([C@H]3C[C@H](O[P+](=O)S)[C@@H](COP(O)(=S)O[C@@H]4[C@H](F)[C@@H](CO)O[C@H]4n4cnc5c(=O)[nH]cnc54)O3)cnc21. The van der Waals surface area contributed by atoms with E-state index in [9.17, 15) is 67.4 Å². The number of rotatable bonds is 22. The van der Waals surface area contributed by atoms with Crippen LogP contribution in [0.2, 0.25) is 0 Å². The number of anilines is 2. The molecular formula is C61H65F6N25O30P6S6+2. The second kappa shape index (κ2) is 38.8. The van der Waals surface area contributed by atoms with Gasteiger partial charge in [0, 0.05) is 37.9 Å². The number of aliphatic hydroxyl groups excluding tert-OH is 2. The van der Waals surface area contributed by atoms with Crippen molar-refractivity contribution in [2.24, 2.45) is 15.1 Å². The predicted molar refractivity (Wildman–Crippen MR) is 455 cm³/mol. The molecular weight excluding hydrogens is 2060 g/mol. The van der Waals surface area contributed by atoms with Crippen LogP contribution in [0, 0.1) is 0 Å². The van der Waals surface area contributed by atoms with Gasteiger partial charge in [-0.1, -0.05) is 22.7 Å². The van der Waals surface area contributed by atoms with E-state index in [1.165, 1.54) is 40.4 Å². The molecule has 12 N–H and O–H groups in total. The molecule has 28 atom stereocenters. The van der Waals surface area contributed by atoms with Crippen LogP contribution >= 0.6 is 78.2 Å². The summed E-state index contributed by atoms with van der Waals surface area (Å²) in [6, 6.07) is 0. The predicted octanol–water partition coefficient (Wildman–Crippen LogP) is 2.54. The standard InChI is InChI=1S/C21H22FN7O10P2S2.C20H20F3N9O10P2S2.C20H21F2N9O10P2S2/c22-15-13(5-30)37-21(28-8-26-16-19(28)24-7-25-20(16)32)17(15)39-41(34,43)35-6-14-12(38-40(33)42)3-11(36-14)9-4-23-18-10(31)1-2-27-29(9)18;21-9-7-3-37-44(36,46)42-13-8(40-18(20(13,22)23)32-14-10(29-30-32)6(33)1-2-25-14)4-38-43(35,45)41-12(9)17(39-7)31-5-26-11-15(31)27-19(24)28-16(11)34;21-9-7(3-32)38-19(31-16-12(28-29-31)17(34)27-20(23)26-16)14(9)41-43(36,45)37-4-8-13(40-42(35)44)10(22)18(39-8)30-5-25-11-6(33)1-2-24-15(11)30/h2,4,7-8,11-15,17,21,30H,1,3,5-6H2,(H2-,24,25,32,33,34,42,43);2,5,7-9,12-13,17-18H,1,3-4H2,(H,35,45)(H,36,46)(H3,24,27,28,34);2,5,7-10,13-14,18-19,32H,1,3-4H2,(H4-,23,26,27,29,34,35,36,44,45)/p+2/t11-,12+,13-,14-,15-,17-,21-,41?;7-,8-,9-,12-,13-,17-,18-,43?,44?;7-,8-,9-,10+,13-,14-,18-,19-,43?/m111/s1. The van der Waals surface area contributed by atoms with Gasteiger partial charge in [0.05, 0.1) is 83.3 Å². The molecule has 6 unspecified atom stereocenters. The first-order valence-corrected chi connectivity index (χ1v) is 53.6. The lowest BCUT2D eigenvalue weighted by atomic mass is 10.1. The van der Waals surface area contributed by atoms with Gasteiger partial charge >= 0.3 is 47.3 Å². The second-order valence-corrected chi connectivity index (χ2v) is 44.2. The Morgan fingerprint density at radius 3 is 1.89 bits per heavy atom. The number of aromatic nitrogens is 20. The van der Waals surface area contributed by atoms with Gasteiger partial charge in [-0.05, 0) is 44.6 Å². The number of ketones is 3.